The second kappa shape index (κ2) is 8.70. The quantitative estimate of drug-likeness (QED) is 0.778. The van der Waals surface area contributed by atoms with Gasteiger partial charge in [0.05, 0.1) is 13.7 Å². The fourth-order valence-electron chi connectivity index (χ4n) is 2.31. The summed E-state index contributed by atoms with van der Waals surface area (Å²) >= 11 is 3.44. The van der Waals surface area contributed by atoms with Crippen molar-refractivity contribution < 1.29 is 14.4 Å². The lowest BCUT2D eigenvalue weighted by Gasteiger charge is -2.17. The van der Waals surface area contributed by atoms with E-state index in [0.717, 1.165) is 29.0 Å². The summed E-state index contributed by atoms with van der Waals surface area (Å²) in [4.78, 5) is 13.4. The maximum atomic E-state index is 12.2. The van der Waals surface area contributed by atoms with Gasteiger partial charge in [0.25, 0.3) is 5.91 Å². The van der Waals surface area contributed by atoms with Crippen LogP contribution in [-0.4, -0.2) is 26.1 Å². The highest BCUT2D eigenvalue weighted by Crippen LogP contribution is 2.14. The molecule has 0 bridgehead atoms. The van der Waals surface area contributed by atoms with Crippen molar-refractivity contribution in [2.24, 2.45) is 0 Å². The number of amides is 1. The van der Waals surface area contributed by atoms with Crippen LogP contribution in [0.2, 0.25) is 0 Å². The Morgan fingerprint density at radius 2 is 1.78 bits per heavy atom. The molecule has 0 radical (unpaired) electrons. The molecule has 0 aliphatic rings. The van der Waals surface area contributed by atoms with Crippen LogP contribution in [0.15, 0.2) is 53.0 Å². The molecular formula is C18H22BrN2O2+. The van der Waals surface area contributed by atoms with E-state index in [1.807, 2.05) is 36.4 Å². The summed E-state index contributed by atoms with van der Waals surface area (Å²) in [6, 6.07) is 15.6. The molecule has 122 valence electrons. The summed E-state index contributed by atoms with van der Waals surface area (Å²) in [5.74, 6) is 0.795. The molecular weight excluding hydrogens is 356 g/mol. The van der Waals surface area contributed by atoms with Crippen molar-refractivity contribution in [1.29, 1.82) is 0 Å². The van der Waals surface area contributed by atoms with Gasteiger partial charge in [0.1, 0.15) is 12.3 Å². The number of nitrogens with one attached hydrogen (secondary N) is 2. The summed E-state index contributed by atoms with van der Waals surface area (Å²) in [7, 11) is 1.62. The van der Waals surface area contributed by atoms with Gasteiger partial charge in [-0.15, -0.1) is 0 Å². The number of halogens is 1. The normalized spacial score (nSPS) is 11.8. The van der Waals surface area contributed by atoms with E-state index < -0.39 is 0 Å². The number of hydrogen-bond acceptors (Lipinski definition) is 2. The maximum absolute atomic E-state index is 12.2. The van der Waals surface area contributed by atoms with Crippen molar-refractivity contribution in [3.05, 3.63) is 58.6 Å². The molecule has 0 heterocycles. The van der Waals surface area contributed by atoms with Crippen LogP contribution in [0.25, 0.3) is 0 Å². The fourth-order valence-corrected chi connectivity index (χ4v) is 2.57. The van der Waals surface area contributed by atoms with Gasteiger partial charge in [0.15, 0.2) is 6.54 Å². The van der Waals surface area contributed by atoms with Crippen molar-refractivity contribution in [3.8, 4) is 5.75 Å². The zero-order valence-corrected chi connectivity index (χ0v) is 15.0. The van der Waals surface area contributed by atoms with Gasteiger partial charge in [-0.2, -0.15) is 0 Å². The monoisotopic (exact) mass is 377 g/mol. The second-order valence-corrected chi connectivity index (χ2v) is 6.28. The summed E-state index contributed by atoms with van der Waals surface area (Å²) in [5.41, 5.74) is 2.01. The van der Waals surface area contributed by atoms with Crippen LogP contribution in [0, 0.1) is 0 Å². The topological polar surface area (TPSA) is 42.8 Å². The number of anilines is 1. The number of hydrogen-bond donors (Lipinski definition) is 2. The molecule has 1 amide bonds. The average molecular weight is 378 g/mol. The lowest BCUT2D eigenvalue weighted by Crippen LogP contribution is -3.11. The van der Waals surface area contributed by atoms with Gasteiger partial charge < -0.3 is 15.0 Å². The number of methoxy groups -OCH3 is 1. The Labute approximate surface area is 145 Å². The smallest absolute Gasteiger partial charge is 0.279 e. The predicted molar refractivity (Wildman–Crippen MR) is 95.8 cm³/mol. The average Bonchev–Trinajstić information content (AvgIpc) is 2.57. The van der Waals surface area contributed by atoms with Crippen molar-refractivity contribution >= 4 is 27.5 Å². The minimum Gasteiger partial charge on any atom is -0.497 e. The molecule has 1 atom stereocenters. The molecule has 0 spiro atoms. The van der Waals surface area contributed by atoms with Crippen molar-refractivity contribution in [3.63, 3.8) is 0 Å². The Morgan fingerprint density at radius 1 is 1.13 bits per heavy atom. The molecule has 2 aromatic carbocycles. The van der Waals surface area contributed by atoms with E-state index in [4.69, 9.17) is 4.74 Å². The van der Waals surface area contributed by atoms with E-state index in [0.29, 0.717) is 6.54 Å². The number of likely N-dealkylation sites (N-methyl/N-ethyl adjacent to an activating group) is 1. The first-order chi connectivity index (χ1) is 11.1. The number of carbonyl (C=O) groups excluding carboxylic acids is 1. The van der Waals surface area contributed by atoms with Gasteiger partial charge in [-0.25, -0.2) is 0 Å². The highest BCUT2D eigenvalue weighted by Gasteiger charge is 2.13. The first-order valence-electron chi connectivity index (χ1n) is 7.62. The molecule has 2 aromatic rings. The van der Waals surface area contributed by atoms with Crippen molar-refractivity contribution in [2.75, 3.05) is 25.5 Å². The van der Waals surface area contributed by atoms with E-state index in [1.165, 1.54) is 10.5 Å². The molecule has 0 saturated heterocycles. The van der Waals surface area contributed by atoms with Crippen molar-refractivity contribution in [1.82, 2.24) is 0 Å². The first kappa shape index (κ1) is 17.5. The molecule has 5 heteroatoms. The van der Waals surface area contributed by atoms with Crippen LogP contribution in [0.4, 0.5) is 5.69 Å². The lowest BCUT2D eigenvalue weighted by molar-refractivity contribution is -0.903. The van der Waals surface area contributed by atoms with Gasteiger partial charge in [-0.3, -0.25) is 4.79 Å². The molecule has 0 saturated carbocycles. The molecule has 0 fully saturated rings. The van der Waals surface area contributed by atoms with E-state index in [9.17, 15) is 4.79 Å². The number of benzene rings is 2. The molecule has 0 aliphatic carbocycles. The van der Waals surface area contributed by atoms with Gasteiger partial charge in [0, 0.05) is 15.7 Å². The molecule has 4 nitrogen and oxygen atoms in total. The summed E-state index contributed by atoms with van der Waals surface area (Å²) in [6.45, 7) is 4.26. The predicted octanol–water partition coefficient (Wildman–Crippen LogP) is 2.50. The molecule has 2 rings (SSSR count). The van der Waals surface area contributed by atoms with E-state index in [-0.39, 0.29) is 5.91 Å². The Kier molecular flexibility index (Phi) is 6.62. The number of rotatable bonds is 7. The van der Waals surface area contributed by atoms with Crippen LogP contribution in [-0.2, 0) is 11.3 Å². The van der Waals surface area contributed by atoms with Crippen molar-refractivity contribution in [2.45, 2.75) is 13.5 Å². The van der Waals surface area contributed by atoms with Crippen LogP contribution in [0.1, 0.15) is 12.5 Å². The van der Waals surface area contributed by atoms with E-state index >= 15 is 0 Å². The summed E-state index contributed by atoms with van der Waals surface area (Å²) < 4.78 is 6.18. The zero-order valence-electron chi connectivity index (χ0n) is 13.4. The molecule has 0 aromatic heterocycles. The first-order valence-corrected chi connectivity index (χ1v) is 8.42. The number of quaternary nitrogens is 1. The Hall–Kier alpha value is -1.85. The van der Waals surface area contributed by atoms with Crippen LogP contribution >= 0.6 is 15.9 Å². The molecule has 23 heavy (non-hydrogen) atoms. The summed E-state index contributed by atoms with van der Waals surface area (Å²) in [6.07, 6.45) is 0. The van der Waals surface area contributed by atoms with Crippen LogP contribution in [0.5, 0.6) is 5.75 Å². The third-order valence-electron chi connectivity index (χ3n) is 3.65. The zero-order chi connectivity index (χ0) is 16.7. The lowest BCUT2D eigenvalue weighted by atomic mass is 10.2. The van der Waals surface area contributed by atoms with Crippen LogP contribution in [0.3, 0.4) is 0 Å². The third kappa shape index (κ3) is 5.69. The SMILES string of the molecule is CC[NH+](CC(=O)Nc1ccc(OC)cc1)Cc1ccc(Br)cc1. The Morgan fingerprint density at radius 3 is 2.35 bits per heavy atom. The molecule has 0 aliphatic heterocycles. The maximum Gasteiger partial charge on any atom is 0.279 e. The van der Waals surface area contributed by atoms with Gasteiger partial charge in [-0.1, -0.05) is 28.1 Å². The van der Waals surface area contributed by atoms with Gasteiger partial charge in [0.2, 0.25) is 0 Å². The Bertz CT molecular complexity index is 626. The largest absolute Gasteiger partial charge is 0.497 e. The van der Waals surface area contributed by atoms with Crippen LogP contribution < -0.4 is 15.0 Å². The highest BCUT2D eigenvalue weighted by atomic mass is 79.9. The molecule has 2 N–H and O–H groups in total. The fraction of sp³-hybridized carbons (Fsp3) is 0.278. The Balaban J connectivity index is 1.89. The van der Waals surface area contributed by atoms with E-state index in [2.05, 4.69) is 40.3 Å². The second-order valence-electron chi connectivity index (χ2n) is 5.36. The minimum atomic E-state index is 0.0177. The number of carbonyl (C=O) groups is 1. The highest BCUT2D eigenvalue weighted by molar-refractivity contribution is 9.10. The van der Waals surface area contributed by atoms with E-state index in [1.54, 1.807) is 7.11 Å². The van der Waals surface area contributed by atoms with Gasteiger partial charge >= 0.3 is 0 Å². The van der Waals surface area contributed by atoms with Gasteiger partial charge in [-0.05, 0) is 43.3 Å². The number of ether oxygens (including phenoxy) is 1. The summed E-state index contributed by atoms with van der Waals surface area (Å²) in [5, 5.41) is 2.93. The standard InChI is InChI=1S/C18H21BrN2O2/c1-3-21(12-14-4-6-15(19)7-5-14)13-18(22)20-16-8-10-17(23-2)11-9-16/h4-11H,3,12-13H2,1-2H3,(H,20,22)/p+1. The minimum absolute atomic E-state index is 0.0177. The third-order valence-corrected chi connectivity index (χ3v) is 4.18. The molecule has 1 unspecified atom stereocenters.